The maximum Gasteiger partial charge on any atom is 0.306 e. The summed E-state index contributed by atoms with van der Waals surface area (Å²) in [5.41, 5.74) is 6.44. The van der Waals surface area contributed by atoms with Crippen LogP contribution in [-0.2, 0) is 9.53 Å². The molecule has 0 amide bonds. The van der Waals surface area contributed by atoms with E-state index < -0.39 is 0 Å². The SMILES string of the molecule is COC(=O)CC1(CSC2CC(C)CCC2N)CC1. The molecule has 104 valence electrons. The van der Waals surface area contributed by atoms with Gasteiger partial charge in [0.2, 0.25) is 0 Å². The van der Waals surface area contributed by atoms with Crippen LogP contribution in [0.4, 0.5) is 0 Å². The predicted octanol–water partition coefficient (Wildman–Crippen LogP) is 2.58. The van der Waals surface area contributed by atoms with Crippen LogP contribution in [0.2, 0.25) is 0 Å². The first-order valence-electron chi connectivity index (χ1n) is 6.99. The van der Waals surface area contributed by atoms with Crippen molar-refractivity contribution >= 4 is 17.7 Å². The second-order valence-electron chi connectivity index (χ2n) is 6.18. The van der Waals surface area contributed by atoms with E-state index >= 15 is 0 Å². The minimum absolute atomic E-state index is 0.0607. The van der Waals surface area contributed by atoms with Gasteiger partial charge >= 0.3 is 5.97 Å². The highest BCUT2D eigenvalue weighted by molar-refractivity contribution is 8.00. The summed E-state index contributed by atoms with van der Waals surface area (Å²) < 4.78 is 4.78. The van der Waals surface area contributed by atoms with Crippen molar-refractivity contribution < 1.29 is 9.53 Å². The van der Waals surface area contributed by atoms with E-state index in [0.717, 1.165) is 18.1 Å². The van der Waals surface area contributed by atoms with E-state index in [4.69, 9.17) is 10.5 Å². The molecule has 4 heteroatoms. The van der Waals surface area contributed by atoms with Gasteiger partial charge in [-0.1, -0.05) is 6.92 Å². The predicted molar refractivity (Wildman–Crippen MR) is 75.5 cm³/mol. The lowest BCUT2D eigenvalue weighted by molar-refractivity contribution is -0.141. The molecule has 2 N–H and O–H groups in total. The van der Waals surface area contributed by atoms with Gasteiger partial charge in [-0.2, -0.15) is 11.8 Å². The third-order valence-electron chi connectivity index (χ3n) is 4.41. The summed E-state index contributed by atoms with van der Waals surface area (Å²) in [6, 6.07) is 0.347. The lowest BCUT2D eigenvalue weighted by atomic mass is 9.87. The monoisotopic (exact) mass is 271 g/mol. The lowest BCUT2D eigenvalue weighted by Gasteiger charge is -2.33. The number of carbonyl (C=O) groups excluding carboxylic acids is 1. The Labute approximate surface area is 114 Å². The fraction of sp³-hybridized carbons (Fsp3) is 0.929. The molecule has 0 radical (unpaired) electrons. The zero-order chi connectivity index (χ0) is 13.2. The van der Waals surface area contributed by atoms with Gasteiger partial charge in [-0.3, -0.25) is 4.79 Å². The molecular formula is C14H25NO2S. The normalized spacial score (nSPS) is 34.1. The fourth-order valence-electron chi connectivity index (χ4n) is 2.75. The number of hydrogen-bond acceptors (Lipinski definition) is 4. The van der Waals surface area contributed by atoms with Gasteiger partial charge in [-0.25, -0.2) is 0 Å². The maximum absolute atomic E-state index is 11.4. The Morgan fingerprint density at radius 1 is 1.44 bits per heavy atom. The number of rotatable bonds is 5. The van der Waals surface area contributed by atoms with E-state index in [9.17, 15) is 4.79 Å². The van der Waals surface area contributed by atoms with E-state index in [1.807, 2.05) is 11.8 Å². The molecule has 18 heavy (non-hydrogen) atoms. The summed E-state index contributed by atoms with van der Waals surface area (Å²) in [4.78, 5) is 11.4. The standard InChI is InChI=1S/C14H25NO2S/c1-10-3-4-11(15)12(7-10)18-9-14(5-6-14)8-13(16)17-2/h10-12H,3-9,15H2,1-2H3. The van der Waals surface area contributed by atoms with Crippen LogP contribution >= 0.6 is 11.8 Å². The Hall–Kier alpha value is -0.220. The molecule has 0 aliphatic heterocycles. The second-order valence-corrected chi connectivity index (χ2v) is 7.41. The zero-order valence-electron chi connectivity index (χ0n) is 11.5. The molecular weight excluding hydrogens is 246 g/mol. The first-order chi connectivity index (χ1) is 8.54. The molecule has 0 aromatic rings. The summed E-state index contributed by atoms with van der Waals surface area (Å²) in [7, 11) is 1.48. The molecule has 2 fully saturated rings. The third kappa shape index (κ3) is 3.64. The summed E-state index contributed by atoms with van der Waals surface area (Å²) >= 11 is 2.00. The molecule has 0 aromatic heterocycles. The number of thioether (sulfide) groups is 1. The van der Waals surface area contributed by atoms with Crippen LogP contribution in [0.5, 0.6) is 0 Å². The molecule has 0 bridgehead atoms. The molecule has 2 rings (SSSR count). The Morgan fingerprint density at radius 2 is 2.17 bits per heavy atom. The second kappa shape index (κ2) is 5.83. The van der Waals surface area contributed by atoms with Gasteiger partial charge in [0.15, 0.2) is 0 Å². The van der Waals surface area contributed by atoms with Gasteiger partial charge in [0.1, 0.15) is 0 Å². The molecule has 3 atom stereocenters. The highest BCUT2D eigenvalue weighted by Crippen LogP contribution is 2.52. The van der Waals surface area contributed by atoms with Gasteiger partial charge in [0, 0.05) is 11.3 Å². The average molecular weight is 271 g/mol. The molecule has 3 unspecified atom stereocenters. The van der Waals surface area contributed by atoms with Crippen LogP contribution < -0.4 is 5.73 Å². The Bertz CT molecular complexity index is 304. The van der Waals surface area contributed by atoms with Crippen LogP contribution in [0, 0.1) is 11.3 Å². The van der Waals surface area contributed by atoms with E-state index in [1.54, 1.807) is 0 Å². The highest BCUT2D eigenvalue weighted by Gasteiger charge is 2.45. The first kappa shape index (κ1) is 14.2. The summed E-state index contributed by atoms with van der Waals surface area (Å²) in [6.07, 6.45) is 6.60. The molecule has 0 saturated heterocycles. The van der Waals surface area contributed by atoms with Gasteiger partial charge < -0.3 is 10.5 Å². The van der Waals surface area contributed by atoms with Crippen molar-refractivity contribution in [2.45, 2.75) is 56.7 Å². The first-order valence-corrected chi connectivity index (χ1v) is 8.03. The molecule has 0 aromatic carbocycles. The van der Waals surface area contributed by atoms with Crippen LogP contribution in [0.3, 0.4) is 0 Å². The number of esters is 1. The van der Waals surface area contributed by atoms with Crippen molar-refractivity contribution in [3.05, 3.63) is 0 Å². The average Bonchev–Trinajstić information content (AvgIpc) is 3.10. The number of hydrogen-bond donors (Lipinski definition) is 1. The third-order valence-corrected chi connectivity index (χ3v) is 6.16. The maximum atomic E-state index is 11.4. The van der Waals surface area contributed by atoms with Gasteiger partial charge in [0.05, 0.1) is 13.5 Å². The van der Waals surface area contributed by atoms with Crippen LogP contribution in [0.15, 0.2) is 0 Å². The van der Waals surface area contributed by atoms with E-state index in [2.05, 4.69) is 6.92 Å². The van der Waals surface area contributed by atoms with Crippen LogP contribution in [0.25, 0.3) is 0 Å². The van der Waals surface area contributed by atoms with Crippen LogP contribution in [0.1, 0.15) is 45.4 Å². The Morgan fingerprint density at radius 3 is 2.78 bits per heavy atom. The summed E-state index contributed by atoms with van der Waals surface area (Å²) in [5.74, 6) is 1.82. The minimum atomic E-state index is -0.0607. The smallest absolute Gasteiger partial charge is 0.306 e. The summed E-state index contributed by atoms with van der Waals surface area (Å²) in [5, 5.41) is 0.587. The number of carbonyl (C=O) groups is 1. The number of nitrogens with two attached hydrogens (primary N) is 1. The van der Waals surface area contributed by atoms with E-state index in [0.29, 0.717) is 17.7 Å². The van der Waals surface area contributed by atoms with Crippen molar-refractivity contribution in [2.24, 2.45) is 17.1 Å². The highest BCUT2D eigenvalue weighted by atomic mass is 32.2. The van der Waals surface area contributed by atoms with Gasteiger partial charge in [0.25, 0.3) is 0 Å². The molecule has 2 saturated carbocycles. The van der Waals surface area contributed by atoms with Crippen molar-refractivity contribution in [2.75, 3.05) is 12.9 Å². The number of ether oxygens (including phenoxy) is 1. The molecule has 2 aliphatic carbocycles. The zero-order valence-corrected chi connectivity index (χ0v) is 12.3. The molecule has 0 spiro atoms. The van der Waals surface area contributed by atoms with Gasteiger partial charge in [-0.05, 0) is 49.2 Å². The van der Waals surface area contributed by atoms with E-state index in [-0.39, 0.29) is 11.4 Å². The van der Waals surface area contributed by atoms with Crippen LogP contribution in [-0.4, -0.2) is 30.1 Å². The number of methoxy groups -OCH3 is 1. The minimum Gasteiger partial charge on any atom is -0.469 e. The summed E-state index contributed by atoms with van der Waals surface area (Å²) in [6.45, 7) is 2.32. The van der Waals surface area contributed by atoms with E-state index in [1.165, 1.54) is 32.8 Å². The molecule has 2 aliphatic rings. The van der Waals surface area contributed by atoms with Crippen molar-refractivity contribution in [3.63, 3.8) is 0 Å². The molecule has 3 nitrogen and oxygen atoms in total. The molecule has 0 heterocycles. The van der Waals surface area contributed by atoms with Gasteiger partial charge in [-0.15, -0.1) is 0 Å². The Kier molecular flexibility index (Phi) is 4.59. The van der Waals surface area contributed by atoms with Crippen molar-refractivity contribution in [3.8, 4) is 0 Å². The quantitative estimate of drug-likeness (QED) is 0.781. The van der Waals surface area contributed by atoms with Crippen molar-refractivity contribution in [1.82, 2.24) is 0 Å². The van der Waals surface area contributed by atoms with Crippen molar-refractivity contribution in [1.29, 1.82) is 0 Å². The topological polar surface area (TPSA) is 52.3 Å². The fourth-order valence-corrected chi connectivity index (χ4v) is 4.56. The largest absolute Gasteiger partial charge is 0.469 e. The Balaban J connectivity index is 1.78. The lowest BCUT2D eigenvalue weighted by Crippen LogP contribution is -2.38.